The average molecular weight is 484 g/mol. The normalized spacial score (nSPS) is 11.0. The molecule has 1 N–H and O–H groups in total. The van der Waals surface area contributed by atoms with Crippen LogP contribution in [0.3, 0.4) is 0 Å². The van der Waals surface area contributed by atoms with Crippen LogP contribution in [0.4, 0.5) is 5.69 Å². The number of anilines is 1. The zero-order valence-corrected chi connectivity index (χ0v) is 20.0. The molecule has 5 aromatic rings. The van der Waals surface area contributed by atoms with Crippen LogP contribution in [0.25, 0.3) is 27.0 Å². The maximum atomic E-state index is 13.8. The Labute approximate surface area is 205 Å². The number of thioether (sulfide) groups is 1. The van der Waals surface area contributed by atoms with Crippen molar-refractivity contribution in [3.05, 3.63) is 106 Å². The van der Waals surface area contributed by atoms with E-state index < -0.39 is 0 Å². The highest BCUT2D eigenvalue weighted by molar-refractivity contribution is 7.99. The fourth-order valence-electron chi connectivity index (χ4n) is 3.67. The first-order chi connectivity index (χ1) is 16.6. The van der Waals surface area contributed by atoms with E-state index in [1.54, 1.807) is 4.57 Å². The Morgan fingerprint density at radius 1 is 0.971 bits per heavy atom. The van der Waals surface area contributed by atoms with Crippen LogP contribution in [0.2, 0.25) is 0 Å². The number of benzene rings is 3. The van der Waals surface area contributed by atoms with Gasteiger partial charge in [-0.2, -0.15) is 0 Å². The Kier molecular flexibility index (Phi) is 6.29. The average Bonchev–Trinajstić information content (AvgIpc) is 3.29. The number of carbonyl (C=O) groups is 1. The van der Waals surface area contributed by atoms with Crippen molar-refractivity contribution >= 4 is 44.9 Å². The third-order valence-electron chi connectivity index (χ3n) is 5.34. The smallest absolute Gasteiger partial charge is 0.268 e. The summed E-state index contributed by atoms with van der Waals surface area (Å²) >= 11 is 2.70. The highest BCUT2D eigenvalue weighted by Crippen LogP contribution is 2.33. The number of hydrogen-bond acceptors (Lipinski definition) is 5. The van der Waals surface area contributed by atoms with E-state index in [1.807, 2.05) is 97.2 Å². The minimum absolute atomic E-state index is 0.135. The van der Waals surface area contributed by atoms with E-state index in [0.29, 0.717) is 21.1 Å². The molecule has 0 fully saturated rings. The summed E-state index contributed by atoms with van der Waals surface area (Å²) in [6.07, 6.45) is 0. The van der Waals surface area contributed by atoms with E-state index in [9.17, 15) is 9.59 Å². The van der Waals surface area contributed by atoms with Gasteiger partial charge in [-0.15, -0.1) is 11.3 Å². The summed E-state index contributed by atoms with van der Waals surface area (Å²) in [5.41, 5.74) is 4.33. The van der Waals surface area contributed by atoms with Gasteiger partial charge in [0.25, 0.3) is 5.56 Å². The second-order valence-corrected chi connectivity index (χ2v) is 9.57. The van der Waals surface area contributed by atoms with Gasteiger partial charge >= 0.3 is 0 Å². The number of hydrogen-bond donors (Lipinski definition) is 1. The number of para-hydroxylation sites is 2. The molecule has 7 heteroatoms. The van der Waals surface area contributed by atoms with Gasteiger partial charge in [-0.1, -0.05) is 78.0 Å². The molecule has 0 aliphatic rings. The number of rotatable bonds is 6. The van der Waals surface area contributed by atoms with Crippen LogP contribution in [0, 0.1) is 6.92 Å². The van der Waals surface area contributed by atoms with Crippen LogP contribution in [0.5, 0.6) is 0 Å². The second-order valence-electron chi connectivity index (χ2n) is 7.77. The number of amides is 1. The molecule has 0 radical (unpaired) electrons. The topological polar surface area (TPSA) is 64.0 Å². The molecule has 0 atom stereocenters. The molecule has 34 heavy (non-hydrogen) atoms. The summed E-state index contributed by atoms with van der Waals surface area (Å²) in [4.78, 5) is 31.9. The molecule has 0 aliphatic carbocycles. The van der Waals surface area contributed by atoms with E-state index in [-0.39, 0.29) is 17.2 Å². The Bertz CT molecular complexity index is 1510. The molecule has 3 aromatic carbocycles. The maximum Gasteiger partial charge on any atom is 0.268 e. The molecule has 0 bridgehead atoms. The molecular weight excluding hydrogens is 462 g/mol. The summed E-state index contributed by atoms with van der Waals surface area (Å²) in [6, 6.07) is 26.9. The fourth-order valence-corrected chi connectivity index (χ4v) is 5.47. The Morgan fingerprint density at radius 3 is 2.35 bits per heavy atom. The van der Waals surface area contributed by atoms with Gasteiger partial charge in [0.15, 0.2) is 5.16 Å². The highest BCUT2D eigenvalue weighted by atomic mass is 32.2. The lowest BCUT2D eigenvalue weighted by Gasteiger charge is -2.13. The summed E-state index contributed by atoms with van der Waals surface area (Å²) in [6.45, 7) is 2.04. The second kappa shape index (κ2) is 9.67. The van der Waals surface area contributed by atoms with Crippen molar-refractivity contribution in [3.8, 4) is 16.8 Å². The minimum atomic E-state index is -0.156. The first kappa shape index (κ1) is 22.1. The number of aromatic nitrogens is 2. The van der Waals surface area contributed by atoms with E-state index in [4.69, 9.17) is 4.98 Å². The first-order valence-electron chi connectivity index (χ1n) is 10.7. The highest BCUT2D eigenvalue weighted by Gasteiger charge is 2.19. The van der Waals surface area contributed by atoms with Crippen molar-refractivity contribution in [1.29, 1.82) is 0 Å². The molecule has 0 unspecified atom stereocenters. The Hall–Kier alpha value is -3.68. The largest absolute Gasteiger partial charge is 0.325 e. The number of nitrogens with zero attached hydrogens (tertiary/aromatic N) is 2. The fraction of sp³-hybridized carbons (Fsp3) is 0.0741. The molecule has 5 rings (SSSR count). The van der Waals surface area contributed by atoms with E-state index >= 15 is 0 Å². The summed E-state index contributed by atoms with van der Waals surface area (Å²) < 4.78 is 1.60. The van der Waals surface area contributed by atoms with Crippen LogP contribution in [-0.4, -0.2) is 21.2 Å². The SMILES string of the molecule is Cc1ccc(-c2csc3nc(SCC(=O)Nc4ccccc4)n(-c4ccccc4)c(=O)c23)cc1. The number of carbonyl (C=O) groups excluding carboxylic acids is 1. The molecule has 5 nitrogen and oxygen atoms in total. The van der Waals surface area contributed by atoms with Crippen LogP contribution in [0.15, 0.2) is 100 Å². The van der Waals surface area contributed by atoms with Crippen LogP contribution in [-0.2, 0) is 4.79 Å². The Morgan fingerprint density at radius 2 is 1.65 bits per heavy atom. The van der Waals surface area contributed by atoms with E-state index in [2.05, 4.69) is 5.32 Å². The predicted molar refractivity (Wildman–Crippen MR) is 141 cm³/mol. The molecule has 2 aromatic heterocycles. The van der Waals surface area contributed by atoms with Crippen molar-refractivity contribution in [2.45, 2.75) is 12.1 Å². The van der Waals surface area contributed by atoms with Crippen molar-refractivity contribution in [2.24, 2.45) is 0 Å². The molecule has 168 valence electrons. The number of fused-ring (bicyclic) bond motifs is 1. The standard InChI is InChI=1S/C27H21N3O2S2/c1-18-12-14-19(15-13-18)22-16-33-25-24(22)26(32)30(21-10-6-3-7-11-21)27(29-25)34-17-23(31)28-20-8-4-2-5-9-20/h2-16H,17H2,1H3,(H,28,31). The maximum absolute atomic E-state index is 13.8. The third kappa shape index (κ3) is 4.53. The molecule has 0 saturated heterocycles. The van der Waals surface area contributed by atoms with Gasteiger partial charge in [0.1, 0.15) is 4.83 Å². The predicted octanol–water partition coefficient (Wildman–Crippen LogP) is 6.15. The van der Waals surface area contributed by atoms with Crippen molar-refractivity contribution in [1.82, 2.24) is 9.55 Å². The number of aryl methyl sites for hydroxylation is 1. The minimum Gasteiger partial charge on any atom is -0.325 e. The summed E-state index contributed by atoms with van der Waals surface area (Å²) in [5.74, 6) is -0.0211. The lowest BCUT2D eigenvalue weighted by Crippen LogP contribution is -2.22. The van der Waals surface area contributed by atoms with Gasteiger partial charge in [-0.05, 0) is 36.8 Å². The van der Waals surface area contributed by atoms with Gasteiger partial charge in [0, 0.05) is 16.6 Å². The molecule has 0 spiro atoms. The first-order valence-corrected chi connectivity index (χ1v) is 12.6. The van der Waals surface area contributed by atoms with Crippen LogP contribution in [0.1, 0.15) is 5.56 Å². The third-order valence-corrected chi connectivity index (χ3v) is 7.15. The zero-order chi connectivity index (χ0) is 23.5. The van der Waals surface area contributed by atoms with Gasteiger partial charge in [0.2, 0.25) is 5.91 Å². The zero-order valence-electron chi connectivity index (χ0n) is 18.4. The van der Waals surface area contributed by atoms with Gasteiger partial charge in [-0.3, -0.25) is 14.2 Å². The number of thiophene rings is 1. The van der Waals surface area contributed by atoms with Gasteiger partial charge in [0.05, 0.1) is 16.8 Å². The van der Waals surface area contributed by atoms with Crippen molar-refractivity contribution < 1.29 is 4.79 Å². The lowest BCUT2D eigenvalue weighted by atomic mass is 10.1. The molecule has 1 amide bonds. The molecule has 0 aliphatic heterocycles. The molecule has 2 heterocycles. The van der Waals surface area contributed by atoms with Gasteiger partial charge < -0.3 is 5.32 Å². The van der Waals surface area contributed by atoms with Crippen LogP contribution >= 0.6 is 23.1 Å². The Balaban J connectivity index is 1.55. The van der Waals surface area contributed by atoms with Crippen molar-refractivity contribution in [2.75, 3.05) is 11.1 Å². The molecule has 0 saturated carbocycles. The van der Waals surface area contributed by atoms with E-state index in [1.165, 1.54) is 23.1 Å². The summed E-state index contributed by atoms with van der Waals surface area (Å²) in [5, 5.41) is 5.95. The summed E-state index contributed by atoms with van der Waals surface area (Å²) in [7, 11) is 0. The number of nitrogens with one attached hydrogen (secondary N) is 1. The van der Waals surface area contributed by atoms with Crippen molar-refractivity contribution in [3.63, 3.8) is 0 Å². The van der Waals surface area contributed by atoms with Gasteiger partial charge in [-0.25, -0.2) is 4.98 Å². The lowest BCUT2D eigenvalue weighted by molar-refractivity contribution is -0.113. The monoisotopic (exact) mass is 483 g/mol. The molecular formula is C27H21N3O2S2. The van der Waals surface area contributed by atoms with Crippen LogP contribution < -0.4 is 10.9 Å². The van der Waals surface area contributed by atoms with E-state index in [0.717, 1.165) is 22.4 Å². The quantitative estimate of drug-likeness (QED) is 0.232.